The van der Waals surface area contributed by atoms with E-state index in [1.807, 2.05) is 0 Å². The number of hydrogen-bond donors (Lipinski definition) is 0. The van der Waals surface area contributed by atoms with Crippen LogP contribution in [0.15, 0.2) is 36.5 Å². The maximum atomic E-state index is 12.7. The molecule has 3 rings (SSSR count). The predicted octanol–water partition coefficient (Wildman–Crippen LogP) is 2.82. The topological polar surface area (TPSA) is 64.5 Å². The average molecular weight is 348 g/mol. The lowest BCUT2D eigenvalue weighted by atomic mass is 10.1. The molecule has 1 amide bonds. The van der Waals surface area contributed by atoms with Crippen LogP contribution in [0, 0.1) is 0 Å². The van der Waals surface area contributed by atoms with Gasteiger partial charge in [-0.15, -0.1) is 5.10 Å². The van der Waals surface area contributed by atoms with Gasteiger partial charge in [-0.2, -0.15) is 5.10 Å². The maximum absolute atomic E-state index is 12.7. The molecule has 1 aromatic heterocycles. The molecule has 0 N–H and O–H groups in total. The zero-order chi connectivity index (χ0) is 16.9. The highest BCUT2D eigenvalue weighted by Gasteiger charge is 2.26. The molecule has 0 aliphatic carbocycles. The summed E-state index contributed by atoms with van der Waals surface area (Å²) in [5, 5.41) is 8.23. The third-order valence-electron chi connectivity index (χ3n) is 3.96. The molecule has 6 nitrogen and oxygen atoms in total. The van der Waals surface area contributed by atoms with Crippen molar-refractivity contribution in [3.8, 4) is 11.6 Å². The van der Waals surface area contributed by atoms with Gasteiger partial charge in [0.25, 0.3) is 5.91 Å². The number of hydrogen-bond acceptors (Lipinski definition) is 5. The molecule has 0 radical (unpaired) electrons. The molecule has 0 unspecified atom stereocenters. The van der Waals surface area contributed by atoms with Crippen molar-refractivity contribution in [2.75, 3.05) is 20.2 Å². The average Bonchev–Trinajstić information content (AvgIpc) is 2.62. The van der Waals surface area contributed by atoms with E-state index >= 15 is 0 Å². The van der Waals surface area contributed by atoms with Crippen molar-refractivity contribution >= 4 is 17.5 Å². The number of benzene rings is 1. The second-order valence-electron chi connectivity index (χ2n) is 5.52. The van der Waals surface area contributed by atoms with Crippen LogP contribution in [0.5, 0.6) is 11.6 Å². The van der Waals surface area contributed by atoms with E-state index in [0.717, 1.165) is 12.8 Å². The Morgan fingerprint density at radius 3 is 2.75 bits per heavy atom. The van der Waals surface area contributed by atoms with Gasteiger partial charge < -0.3 is 14.4 Å². The fourth-order valence-electron chi connectivity index (χ4n) is 2.72. The third kappa shape index (κ3) is 3.76. The first-order valence-corrected chi connectivity index (χ1v) is 8.12. The van der Waals surface area contributed by atoms with Gasteiger partial charge in [-0.1, -0.05) is 11.6 Å². The Morgan fingerprint density at radius 1 is 1.29 bits per heavy atom. The van der Waals surface area contributed by atoms with Crippen LogP contribution in [0.3, 0.4) is 0 Å². The first-order valence-electron chi connectivity index (χ1n) is 7.74. The lowest BCUT2D eigenvalue weighted by Gasteiger charge is -2.32. The van der Waals surface area contributed by atoms with E-state index in [-0.39, 0.29) is 12.0 Å². The van der Waals surface area contributed by atoms with Crippen molar-refractivity contribution in [1.29, 1.82) is 0 Å². The summed E-state index contributed by atoms with van der Waals surface area (Å²) in [6.45, 7) is 1.22. The second-order valence-corrected chi connectivity index (χ2v) is 5.95. The molecule has 0 bridgehead atoms. The van der Waals surface area contributed by atoms with E-state index in [4.69, 9.17) is 21.1 Å². The van der Waals surface area contributed by atoms with Crippen molar-refractivity contribution in [2.45, 2.75) is 18.9 Å². The van der Waals surface area contributed by atoms with Crippen LogP contribution in [-0.4, -0.2) is 47.3 Å². The zero-order valence-corrected chi connectivity index (χ0v) is 14.1. The number of aromatic nitrogens is 2. The highest BCUT2D eigenvalue weighted by molar-refractivity contribution is 6.31. The minimum absolute atomic E-state index is 0.0343. The molecular weight excluding hydrogens is 330 g/mol. The number of carbonyl (C=O) groups is 1. The monoisotopic (exact) mass is 347 g/mol. The van der Waals surface area contributed by atoms with E-state index in [1.54, 1.807) is 48.5 Å². The molecule has 1 aliphatic rings. The number of ether oxygens (including phenoxy) is 2. The van der Waals surface area contributed by atoms with Crippen molar-refractivity contribution in [3.63, 3.8) is 0 Å². The van der Waals surface area contributed by atoms with Crippen molar-refractivity contribution in [1.82, 2.24) is 15.1 Å². The predicted molar refractivity (Wildman–Crippen MR) is 89.6 cm³/mol. The first kappa shape index (κ1) is 16.5. The minimum Gasteiger partial charge on any atom is -0.496 e. The molecule has 1 aromatic carbocycles. The highest BCUT2D eigenvalue weighted by atomic mass is 35.5. The smallest absolute Gasteiger partial charge is 0.257 e. The number of nitrogens with zero attached hydrogens (tertiary/aromatic N) is 3. The Hall–Kier alpha value is -2.34. The van der Waals surface area contributed by atoms with Crippen LogP contribution in [0.2, 0.25) is 5.02 Å². The zero-order valence-electron chi connectivity index (χ0n) is 13.3. The summed E-state index contributed by atoms with van der Waals surface area (Å²) >= 11 is 6.01. The fraction of sp³-hybridized carbons (Fsp3) is 0.353. The van der Waals surface area contributed by atoms with Crippen molar-refractivity contribution in [2.24, 2.45) is 0 Å². The number of piperidine rings is 1. The van der Waals surface area contributed by atoms with Gasteiger partial charge in [-0.25, -0.2) is 0 Å². The third-order valence-corrected chi connectivity index (χ3v) is 4.19. The standard InChI is InChI=1S/C17H18ClN3O3/c1-23-15-5-4-12(18)11-14(15)17(22)21-9-6-13(7-10-21)24-16-3-2-8-19-20-16/h2-5,8,11,13H,6-7,9-10H2,1H3. The van der Waals surface area contributed by atoms with Gasteiger partial charge in [0.05, 0.1) is 12.7 Å². The number of rotatable bonds is 4. The first-order chi connectivity index (χ1) is 11.7. The summed E-state index contributed by atoms with van der Waals surface area (Å²) in [5.74, 6) is 0.966. The number of methoxy groups -OCH3 is 1. The van der Waals surface area contributed by atoms with Gasteiger partial charge >= 0.3 is 0 Å². The fourth-order valence-corrected chi connectivity index (χ4v) is 2.89. The molecule has 2 heterocycles. The Kier molecular flexibility index (Phi) is 5.15. The van der Waals surface area contributed by atoms with E-state index < -0.39 is 0 Å². The normalized spacial score (nSPS) is 15.2. The van der Waals surface area contributed by atoms with Gasteiger partial charge in [0.15, 0.2) is 0 Å². The van der Waals surface area contributed by atoms with Crippen LogP contribution in [0.1, 0.15) is 23.2 Å². The molecule has 1 fully saturated rings. The molecule has 2 aromatic rings. The number of amides is 1. The van der Waals surface area contributed by atoms with Crippen molar-refractivity contribution in [3.05, 3.63) is 47.1 Å². The summed E-state index contributed by atoms with van der Waals surface area (Å²) in [6.07, 6.45) is 3.12. The Bertz CT molecular complexity index is 703. The van der Waals surface area contributed by atoms with E-state index in [2.05, 4.69) is 10.2 Å². The second kappa shape index (κ2) is 7.49. The van der Waals surface area contributed by atoms with E-state index in [9.17, 15) is 4.79 Å². The highest BCUT2D eigenvalue weighted by Crippen LogP contribution is 2.26. The lowest BCUT2D eigenvalue weighted by molar-refractivity contribution is 0.0583. The Balaban J connectivity index is 1.62. The number of halogens is 1. The summed E-state index contributed by atoms with van der Waals surface area (Å²) in [4.78, 5) is 14.5. The van der Waals surface area contributed by atoms with Gasteiger partial charge in [-0.05, 0) is 24.3 Å². The summed E-state index contributed by atoms with van der Waals surface area (Å²) in [6, 6.07) is 8.62. The minimum atomic E-state index is -0.0766. The van der Waals surface area contributed by atoms with Crippen LogP contribution >= 0.6 is 11.6 Å². The van der Waals surface area contributed by atoms with Crippen LogP contribution in [0.25, 0.3) is 0 Å². The molecule has 1 aliphatic heterocycles. The Labute approximate surface area is 145 Å². The summed E-state index contributed by atoms with van der Waals surface area (Å²) in [7, 11) is 1.54. The molecule has 1 saturated heterocycles. The Morgan fingerprint density at radius 2 is 2.08 bits per heavy atom. The number of likely N-dealkylation sites (tertiary alicyclic amines) is 1. The van der Waals surface area contributed by atoms with Gasteiger partial charge in [-0.3, -0.25) is 4.79 Å². The van der Waals surface area contributed by atoms with Crippen LogP contribution in [-0.2, 0) is 0 Å². The van der Waals surface area contributed by atoms with E-state index in [0.29, 0.717) is 35.3 Å². The lowest BCUT2D eigenvalue weighted by Crippen LogP contribution is -2.42. The molecule has 0 atom stereocenters. The van der Waals surface area contributed by atoms with Gasteiger partial charge in [0.1, 0.15) is 11.9 Å². The summed E-state index contributed by atoms with van der Waals surface area (Å²) in [5.41, 5.74) is 0.485. The van der Waals surface area contributed by atoms with Crippen molar-refractivity contribution < 1.29 is 14.3 Å². The molecule has 126 valence electrons. The summed E-state index contributed by atoms with van der Waals surface area (Å²) < 4.78 is 11.1. The van der Waals surface area contributed by atoms with Crippen LogP contribution in [0.4, 0.5) is 0 Å². The van der Waals surface area contributed by atoms with Gasteiger partial charge in [0.2, 0.25) is 5.88 Å². The molecule has 0 saturated carbocycles. The van der Waals surface area contributed by atoms with Crippen LogP contribution < -0.4 is 9.47 Å². The molecule has 0 spiro atoms. The van der Waals surface area contributed by atoms with E-state index in [1.165, 1.54) is 0 Å². The SMILES string of the molecule is COc1ccc(Cl)cc1C(=O)N1CCC(Oc2cccnn2)CC1. The van der Waals surface area contributed by atoms with Gasteiger partial charge in [0, 0.05) is 43.2 Å². The quantitative estimate of drug-likeness (QED) is 0.851. The molecule has 7 heteroatoms. The largest absolute Gasteiger partial charge is 0.496 e. The maximum Gasteiger partial charge on any atom is 0.257 e. The molecular formula is C17H18ClN3O3. The number of carbonyl (C=O) groups excluding carboxylic acids is 1. The molecule has 24 heavy (non-hydrogen) atoms.